The summed E-state index contributed by atoms with van der Waals surface area (Å²) >= 11 is 0. The number of aryl methyl sites for hydroxylation is 1. The molecule has 1 atom stereocenters. The zero-order chi connectivity index (χ0) is 20.1. The van der Waals surface area contributed by atoms with Gasteiger partial charge in [0.1, 0.15) is 5.82 Å². The maximum atomic E-state index is 13.8. The van der Waals surface area contributed by atoms with Crippen LogP contribution >= 0.6 is 0 Å². The van der Waals surface area contributed by atoms with Crippen LogP contribution in [0.1, 0.15) is 23.6 Å². The second-order valence-corrected chi connectivity index (χ2v) is 6.45. The molecule has 0 saturated heterocycles. The molecule has 0 fully saturated rings. The Hall–Kier alpha value is -3.28. The third kappa shape index (κ3) is 4.17. The number of hydrogen-bond donors (Lipinski definition) is 1. The molecule has 2 aromatic carbocycles. The molecule has 1 amide bonds. The van der Waals surface area contributed by atoms with Crippen LogP contribution in [0.2, 0.25) is 0 Å². The number of nitrogens with zero attached hydrogens (tertiary/aromatic N) is 1. The summed E-state index contributed by atoms with van der Waals surface area (Å²) in [6.07, 6.45) is 3.93. The first-order valence-electron chi connectivity index (χ1n) is 8.92. The summed E-state index contributed by atoms with van der Waals surface area (Å²) in [5.41, 5.74) is 1.78. The lowest BCUT2D eigenvalue weighted by Crippen LogP contribution is -2.20. The fourth-order valence-corrected chi connectivity index (χ4v) is 3.16. The van der Waals surface area contributed by atoms with Gasteiger partial charge in [-0.25, -0.2) is 4.39 Å². The summed E-state index contributed by atoms with van der Waals surface area (Å²) in [5.74, 6) is 0.595. The van der Waals surface area contributed by atoms with E-state index < -0.39 is 0 Å². The summed E-state index contributed by atoms with van der Waals surface area (Å²) in [6.45, 7) is 1.68. The number of nitrogens with one attached hydrogen (secondary N) is 1. The first-order valence-corrected chi connectivity index (χ1v) is 8.92. The Kier molecular flexibility index (Phi) is 5.99. The minimum Gasteiger partial charge on any atom is -0.493 e. The van der Waals surface area contributed by atoms with Crippen molar-refractivity contribution in [1.82, 2.24) is 4.57 Å². The first kappa shape index (κ1) is 19.5. The van der Waals surface area contributed by atoms with Gasteiger partial charge in [0.2, 0.25) is 5.91 Å². The molecule has 0 aliphatic carbocycles. The Morgan fingerprint density at radius 1 is 1.11 bits per heavy atom. The van der Waals surface area contributed by atoms with E-state index in [0.717, 1.165) is 5.56 Å². The molecule has 6 heteroatoms. The van der Waals surface area contributed by atoms with Gasteiger partial charge in [-0.3, -0.25) is 4.79 Å². The highest BCUT2D eigenvalue weighted by Gasteiger charge is 2.23. The second kappa shape index (κ2) is 8.61. The molecule has 3 aromatic rings. The number of carbonyl (C=O) groups excluding carboxylic acids is 1. The summed E-state index contributed by atoms with van der Waals surface area (Å²) < 4.78 is 26.7. The van der Waals surface area contributed by atoms with Crippen LogP contribution in [0, 0.1) is 12.7 Å². The fraction of sp³-hybridized carbons (Fsp3) is 0.227. The lowest BCUT2D eigenvalue weighted by Gasteiger charge is -2.22. The van der Waals surface area contributed by atoms with Crippen LogP contribution in [-0.4, -0.2) is 24.7 Å². The van der Waals surface area contributed by atoms with Crippen LogP contribution in [0.15, 0.2) is 60.9 Å². The highest BCUT2D eigenvalue weighted by atomic mass is 19.1. The molecule has 0 radical (unpaired) electrons. The Morgan fingerprint density at radius 3 is 2.50 bits per heavy atom. The van der Waals surface area contributed by atoms with Crippen LogP contribution in [-0.2, 0) is 4.79 Å². The largest absolute Gasteiger partial charge is 0.493 e. The number of hydrogen-bond acceptors (Lipinski definition) is 3. The molecular formula is C22H23FN2O3. The minimum absolute atomic E-state index is 0.147. The van der Waals surface area contributed by atoms with E-state index in [4.69, 9.17) is 9.47 Å². The van der Waals surface area contributed by atoms with Crippen LogP contribution in [0.4, 0.5) is 10.1 Å². The highest BCUT2D eigenvalue weighted by molar-refractivity contribution is 5.91. The van der Waals surface area contributed by atoms with Crippen molar-refractivity contribution in [3.63, 3.8) is 0 Å². The van der Waals surface area contributed by atoms with Crippen LogP contribution in [0.5, 0.6) is 11.5 Å². The van der Waals surface area contributed by atoms with E-state index in [1.165, 1.54) is 6.07 Å². The number of amides is 1. The number of para-hydroxylation sites is 1. The highest BCUT2D eigenvalue weighted by Crippen LogP contribution is 2.37. The van der Waals surface area contributed by atoms with E-state index in [2.05, 4.69) is 5.32 Å². The van der Waals surface area contributed by atoms with Crippen molar-refractivity contribution in [3.05, 3.63) is 77.9 Å². The molecule has 3 rings (SSSR count). The Bertz CT molecular complexity index is 954. The molecule has 0 saturated carbocycles. The van der Waals surface area contributed by atoms with E-state index in [9.17, 15) is 9.18 Å². The van der Waals surface area contributed by atoms with E-state index in [1.54, 1.807) is 33.3 Å². The SMILES string of the molecule is COc1cccc([C@@H](CC(=O)Nc2ccc(C)c(F)c2)n2cccc2)c1OC. The molecule has 0 unspecified atom stereocenters. The van der Waals surface area contributed by atoms with Crippen molar-refractivity contribution in [2.45, 2.75) is 19.4 Å². The van der Waals surface area contributed by atoms with E-state index in [-0.39, 0.29) is 24.2 Å². The number of anilines is 1. The smallest absolute Gasteiger partial charge is 0.226 e. The zero-order valence-electron chi connectivity index (χ0n) is 16.1. The normalized spacial score (nSPS) is 11.7. The Balaban J connectivity index is 1.90. The minimum atomic E-state index is -0.353. The molecule has 1 N–H and O–H groups in total. The van der Waals surface area contributed by atoms with Crippen molar-refractivity contribution in [2.75, 3.05) is 19.5 Å². The maximum Gasteiger partial charge on any atom is 0.226 e. The number of aromatic nitrogens is 1. The average molecular weight is 382 g/mol. The van der Waals surface area contributed by atoms with Crippen molar-refractivity contribution in [3.8, 4) is 11.5 Å². The molecule has 0 bridgehead atoms. The number of benzene rings is 2. The van der Waals surface area contributed by atoms with Gasteiger partial charge in [0, 0.05) is 23.6 Å². The van der Waals surface area contributed by atoms with Gasteiger partial charge in [-0.2, -0.15) is 0 Å². The van der Waals surface area contributed by atoms with Crippen molar-refractivity contribution in [2.24, 2.45) is 0 Å². The van der Waals surface area contributed by atoms with Gasteiger partial charge in [-0.05, 0) is 42.8 Å². The number of ether oxygens (including phenoxy) is 2. The second-order valence-electron chi connectivity index (χ2n) is 6.45. The summed E-state index contributed by atoms with van der Waals surface area (Å²) in [7, 11) is 3.15. The first-order chi connectivity index (χ1) is 13.5. The number of halogens is 1. The fourth-order valence-electron chi connectivity index (χ4n) is 3.16. The van der Waals surface area contributed by atoms with Gasteiger partial charge in [0.25, 0.3) is 0 Å². The van der Waals surface area contributed by atoms with Crippen LogP contribution in [0.25, 0.3) is 0 Å². The molecule has 146 valence electrons. The van der Waals surface area contributed by atoms with Gasteiger partial charge in [-0.1, -0.05) is 18.2 Å². The predicted octanol–water partition coefficient (Wildman–Crippen LogP) is 4.57. The van der Waals surface area contributed by atoms with Crippen molar-refractivity contribution >= 4 is 11.6 Å². The molecular weight excluding hydrogens is 359 g/mol. The van der Waals surface area contributed by atoms with Gasteiger partial charge in [0.15, 0.2) is 11.5 Å². The molecule has 0 aliphatic rings. The lowest BCUT2D eigenvalue weighted by atomic mass is 10.0. The predicted molar refractivity (Wildman–Crippen MR) is 107 cm³/mol. The van der Waals surface area contributed by atoms with Gasteiger partial charge < -0.3 is 19.4 Å². The summed E-state index contributed by atoms with van der Waals surface area (Å²) in [6, 6.07) is 13.7. The maximum absolute atomic E-state index is 13.8. The Morgan fingerprint density at radius 2 is 1.86 bits per heavy atom. The zero-order valence-corrected chi connectivity index (χ0v) is 16.1. The van der Waals surface area contributed by atoms with E-state index in [1.807, 2.05) is 47.3 Å². The number of methoxy groups -OCH3 is 2. The van der Waals surface area contributed by atoms with Crippen LogP contribution in [0.3, 0.4) is 0 Å². The topological polar surface area (TPSA) is 52.5 Å². The number of carbonyl (C=O) groups is 1. The van der Waals surface area contributed by atoms with Gasteiger partial charge in [0.05, 0.1) is 26.7 Å². The molecule has 0 spiro atoms. The van der Waals surface area contributed by atoms with E-state index >= 15 is 0 Å². The molecule has 1 heterocycles. The standard InChI is InChI=1S/C22H23FN2O3/c1-15-9-10-16(13-18(15)23)24-21(26)14-19(25-11-4-5-12-25)17-7-6-8-20(27-2)22(17)28-3/h4-13,19H,14H2,1-3H3,(H,24,26)/t19-/m1/s1. The number of rotatable bonds is 7. The third-order valence-corrected chi connectivity index (χ3v) is 4.61. The lowest BCUT2D eigenvalue weighted by molar-refractivity contribution is -0.116. The molecule has 28 heavy (non-hydrogen) atoms. The third-order valence-electron chi connectivity index (χ3n) is 4.61. The van der Waals surface area contributed by atoms with Gasteiger partial charge >= 0.3 is 0 Å². The summed E-state index contributed by atoms with van der Waals surface area (Å²) in [4.78, 5) is 12.7. The van der Waals surface area contributed by atoms with Gasteiger partial charge in [-0.15, -0.1) is 0 Å². The molecule has 0 aliphatic heterocycles. The van der Waals surface area contributed by atoms with Crippen molar-refractivity contribution in [1.29, 1.82) is 0 Å². The van der Waals surface area contributed by atoms with Crippen LogP contribution < -0.4 is 14.8 Å². The molecule has 1 aromatic heterocycles. The molecule has 5 nitrogen and oxygen atoms in total. The summed E-state index contributed by atoms with van der Waals surface area (Å²) in [5, 5.41) is 2.77. The Labute approximate surface area is 163 Å². The quantitative estimate of drug-likeness (QED) is 0.651. The van der Waals surface area contributed by atoms with Crippen molar-refractivity contribution < 1.29 is 18.7 Å². The van der Waals surface area contributed by atoms with E-state index in [0.29, 0.717) is 22.7 Å². The average Bonchev–Trinajstić information content (AvgIpc) is 3.22. The monoisotopic (exact) mass is 382 g/mol.